The molecular formula is C22H23N3O3S. The van der Waals surface area contributed by atoms with Crippen molar-refractivity contribution in [3.05, 3.63) is 65.2 Å². The third-order valence-electron chi connectivity index (χ3n) is 4.78. The minimum atomic E-state index is -0.204. The molecule has 0 spiro atoms. The fourth-order valence-corrected chi connectivity index (χ4v) is 4.06. The molecule has 0 aliphatic carbocycles. The van der Waals surface area contributed by atoms with E-state index in [1.165, 1.54) is 16.9 Å². The molecule has 2 aromatic carbocycles. The number of hydrogen-bond acceptors (Lipinski definition) is 6. The van der Waals surface area contributed by atoms with Gasteiger partial charge in [0.1, 0.15) is 10.8 Å². The van der Waals surface area contributed by atoms with Crippen LogP contribution in [0.25, 0.3) is 10.6 Å². The van der Waals surface area contributed by atoms with Crippen molar-refractivity contribution >= 4 is 22.9 Å². The lowest BCUT2D eigenvalue weighted by atomic mass is 10.1. The molecule has 1 fully saturated rings. The molecule has 1 aliphatic rings. The van der Waals surface area contributed by atoms with Gasteiger partial charge in [0.2, 0.25) is 5.91 Å². The molecule has 2 N–H and O–H groups in total. The Morgan fingerprint density at radius 1 is 1.14 bits per heavy atom. The molecule has 0 saturated carbocycles. The average molecular weight is 410 g/mol. The summed E-state index contributed by atoms with van der Waals surface area (Å²) >= 11 is 1.53. The van der Waals surface area contributed by atoms with Crippen molar-refractivity contribution in [3.63, 3.8) is 0 Å². The molecule has 150 valence electrons. The number of phenols is 1. The van der Waals surface area contributed by atoms with Crippen LogP contribution >= 0.6 is 11.3 Å². The van der Waals surface area contributed by atoms with Crippen LogP contribution in [0.1, 0.15) is 11.3 Å². The van der Waals surface area contributed by atoms with Crippen LogP contribution in [-0.2, 0) is 22.5 Å². The van der Waals surface area contributed by atoms with Gasteiger partial charge in [0.15, 0.2) is 0 Å². The summed E-state index contributed by atoms with van der Waals surface area (Å²) in [6.07, 6.45) is 0.167. The van der Waals surface area contributed by atoms with Crippen molar-refractivity contribution in [2.24, 2.45) is 0 Å². The summed E-state index contributed by atoms with van der Waals surface area (Å²) in [7, 11) is 0. The number of anilines is 1. The van der Waals surface area contributed by atoms with E-state index in [4.69, 9.17) is 4.74 Å². The van der Waals surface area contributed by atoms with E-state index in [-0.39, 0.29) is 18.1 Å². The van der Waals surface area contributed by atoms with E-state index in [9.17, 15) is 9.90 Å². The van der Waals surface area contributed by atoms with Crippen molar-refractivity contribution in [1.82, 2.24) is 9.88 Å². The number of rotatable bonds is 6. The quantitative estimate of drug-likeness (QED) is 0.609. The topological polar surface area (TPSA) is 74.7 Å². The molecule has 1 amide bonds. The molecule has 1 aromatic heterocycles. The van der Waals surface area contributed by atoms with Crippen LogP contribution in [0.3, 0.4) is 0 Å². The van der Waals surface area contributed by atoms with Crippen molar-refractivity contribution < 1.29 is 14.6 Å². The number of thiazole rings is 1. The summed E-state index contributed by atoms with van der Waals surface area (Å²) in [5, 5.41) is 15.3. The monoisotopic (exact) mass is 409 g/mol. The van der Waals surface area contributed by atoms with E-state index in [0.29, 0.717) is 5.69 Å². The van der Waals surface area contributed by atoms with E-state index < -0.39 is 0 Å². The molecule has 2 heterocycles. The van der Waals surface area contributed by atoms with E-state index in [1.807, 2.05) is 5.38 Å². The molecule has 29 heavy (non-hydrogen) atoms. The van der Waals surface area contributed by atoms with Gasteiger partial charge in [-0.1, -0.05) is 36.4 Å². The molecule has 7 heteroatoms. The Morgan fingerprint density at radius 2 is 1.90 bits per heavy atom. The number of nitrogens with one attached hydrogen (secondary N) is 1. The summed E-state index contributed by atoms with van der Waals surface area (Å²) in [4.78, 5) is 19.2. The first-order valence-electron chi connectivity index (χ1n) is 9.59. The molecule has 6 nitrogen and oxygen atoms in total. The molecule has 1 saturated heterocycles. The van der Waals surface area contributed by atoms with E-state index in [0.717, 1.165) is 49.1 Å². The Balaban J connectivity index is 1.35. The molecule has 1 aliphatic heterocycles. The molecule has 3 aromatic rings. The molecule has 0 unspecified atom stereocenters. The van der Waals surface area contributed by atoms with E-state index >= 15 is 0 Å². The van der Waals surface area contributed by atoms with Crippen molar-refractivity contribution in [1.29, 1.82) is 0 Å². The number of carbonyl (C=O) groups is 1. The molecule has 0 atom stereocenters. The first kappa shape index (κ1) is 19.6. The van der Waals surface area contributed by atoms with Crippen LogP contribution in [0.4, 0.5) is 5.69 Å². The van der Waals surface area contributed by atoms with Crippen molar-refractivity contribution in [2.45, 2.75) is 13.0 Å². The Kier molecular flexibility index (Phi) is 6.19. The third kappa shape index (κ3) is 5.20. The van der Waals surface area contributed by atoms with Gasteiger partial charge in [0, 0.05) is 30.6 Å². The standard InChI is InChI=1S/C22H23N3O3S/c26-20-4-2-1-3-19(20)24-21(27)13-18-15-29-22(23-18)17-7-5-16(6-8-17)14-25-9-11-28-12-10-25/h1-8,15,26H,9-14H2,(H,24,27). The zero-order chi connectivity index (χ0) is 20.1. The normalized spacial score (nSPS) is 14.6. The predicted molar refractivity (Wildman–Crippen MR) is 114 cm³/mol. The first-order chi connectivity index (χ1) is 14.2. The lowest BCUT2D eigenvalue weighted by Gasteiger charge is -2.26. The Hall–Kier alpha value is -2.74. The second kappa shape index (κ2) is 9.17. The highest BCUT2D eigenvalue weighted by Crippen LogP contribution is 2.25. The number of hydrogen-bond donors (Lipinski definition) is 2. The van der Waals surface area contributed by atoms with Gasteiger partial charge in [-0.25, -0.2) is 4.98 Å². The fourth-order valence-electron chi connectivity index (χ4n) is 3.23. The number of ether oxygens (including phenoxy) is 1. The maximum Gasteiger partial charge on any atom is 0.230 e. The molecule has 0 radical (unpaired) electrons. The summed E-state index contributed by atoms with van der Waals surface area (Å²) in [5.74, 6) is -0.152. The number of benzene rings is 2. The zero-order valence-corrected chi connectivity index (χ0v) is 16.8. The van der Waals surface area contributed by atoms with E-state index in [1.54, 1.807) is 24.3 Å². The van der Waals surface area contributed by atoms with Crippen LogP contribution in [-0.4, -0.2) is 47.2 Å². The number of para-hydroxylation sites is 2. The van der Waals surface area contributed by atoms with Crippen LogP contribution in [0.15, 0.2) is 53.9 Å². The average Bonchev–Trinajstić information content (AvgIpc) is 3.19. The molecule has 0 bridgehead atoms. The number of phenolic OH excluding ortho intramolecular Hbond substituents is 1. The van der Waals surface area contributed by atoms with Gasteiger partial charge in [0.25, 0.3) is 0 Å². The fraction of sp³-hybridized carbons (Fsp3) is 0.273. The number of carbonyl (C=O) groups excluding carboxylic acids is 1. The van der Waals surface area contributed by atoms with Gasteiger partial charge >= 0.3 is 0 Å². The highest BCUT2D eigenvalue weighted by atomic mass is 32.1. The van der Waals surface area contributed by atoms with E-state index in [2.05, 4.69) is 39.5 Å². The lowest BCUT2D eigenvalue weighted by Crippen LogP contribution is -2.35. The van der Waals surface area contributed by atoms with Gasteiger partial charge in [-0.2, -0.15) is 0 Å². The Morgan fingerprint density at radius 3 is 2.66 bits per heavy atom. The molecule has 4 rings (SSSR count). The minimum absolute atomic E-state index is 0.0528. The van der Waals surface area contributed by atoms with Gasteiger partial charge in [-0.15, -0.1) is 11.3 Å². The summed E-state index contributed by atoms with van der Waals surface area (Å²) in [5.41, 5.74) is 3.45. The first-order valence-corrected chi connectivity index (χ1v) is 10.5. The van der Waals surface area contributed by atoms with Gasteiger partial charge < -0.3 is 15.2 Å². The minimum Gasteiger partial charge on any atom is -0.506 e. The second-order valence-electron chi connectivity index (χ2n) is 6.97. The number of amides is 1. The van der Waals surface area contributed by atoms with Gasteiger partial charge in [-0.3, -0.25) is 9.69 Å². The molecular weight excluding hydrogens is 386 g/mol. The number of aromatic nitrogens is 1. The van der Waals surface area contributed by atoms with Crippen molar-refractivity contribution in [3.8, 4) is 16.3 Å². The van der Waals surface area contributed by atoms with Crippen LogP contribution in [0.5, 0.6) is 5.75 Å². The third-order valence-corrected chi connectivity index (χ3v) is 5.72. The Labute approximate surface area is 173 Å². The summed E-state index contributed by atoms with van der Waals surface area (Å²) in [6, 6.07) is 15.1. The smallest absolute Gasteiger partial charge is 0.230 e. The second-order valence-corrected chi connectivity index (χ2v) is 7.83. The van der Waals surface area contributed by atoms with Gasteiger partial charge in [-0.05, 0) is 17.7 Å². The maximum atomic E-state index is 12.2. The van der Waals surface area contributed by atoms with Gasteiger partial charge in [0.05, 0.1) is 31.0 Å². The maximum absolute atomic E-state index is 12.2. The Bertz CT molecular complexity index is 965. The number of nitrogens with zero attached hydrogens (tertiary/aromatic N) is 2. The highest BCUT2D eigenvalue weighted by molar-refractivity contribution is 7.13. The van der Waals surface area contributed by atoms with Crippen LogP contribution in [0.2, 0.25) is 0 Å². The highest BCUT2D eigenvalue weighted by Gasteiger charge is 2.13. The largest absolute Gasteiger partial charge is 0.506 e. The van der Waals surface area contributed by atoms with Crippen LogP contribution < -0.4 is 5.32 Å². The number of aromatic hydroxyl groups is 1. The predicted octanol–water partition coefficient (Wildman–Crippen LogP) is 3.53. The lowest BCUT2D eigenvalue weighted by molar-refractivity contribution is -0.115. The zero-order valence-electron chi connectivity index (χ0n) is 16.0. The van der Waals surface area contributed by atoms with Crippen molar-refractivity contribution in [2.75, 3.05) is 31.6 Å². The number of morpholine rings is 1. The SMILES string of the molecule is O=C(Cc1csc(-c2ccc(CN3CCOCC3)cc2)n1)Nc1ccccc1O. The summed E-state index contributed by atoms with van der Waals surface area (Å²) in [6.45, 7) is 4.48. The van der Waals surface area contributed by atoms with Crippen LogP contribution in [0, 0.1) is 0 Å². The summed E-state index contributed by atoms with van der Waals surface area (Å²) < 4.78 is 5.39.